The number of carbonyl (C=O) groups excluding carboxylic acids is 1. The van der Waals surface area contributed by atoms with Crippen LogP contribution in [-0.4, -0.2) is 32.7 Å². The third-order valence-electron chi connectivity index (χ3n) is 3.92. The lowest BCUT2D eigenvalue weighted by Gasteiger charge is -2.10. The summed E-state index contributed by atoms with van der Waals surface area (Å²) in [6, 6.07) is 11.5. The Hall–Kier alpha value is -3.68. The van der Waals surface area contributed by atoms with Crippen molar-refractivity contribution < 1.29 is 32.5 Å². The van der Waals surface area contributed by atoms with E-state index in [0.717, 1.165) is 5.56 Å². The molecule has 0 bridgehead atoms. The average Bonchev–Trinajstić information content (AvgIpc) is 3.09. The summed E-state index contributed by atoms with van der Waals surface area (Å²) < 4.78 is 44.7. The number of methoxy groups -OCH3 is 2. The highest BCUT2D eigenvalue weighted by atomic mass is 19.3. The summed E-state index contributed by atoms with van der Waals surface area (Å²) in [7, 11) is 2.88. The summed E-state index contributed by atoms with van der Waals surface area (Å²) in [5.41, 5.74) is 1.31. The number of nitrogens with zero attached hydrogens (tertiary/aromatic N) is 1. The molecule has 0 aromatic heterocycles. The van der Waals surface area contributed by atoms with Gasteiger partial charge >= 0.3 is 12.6 Å². The predicted molar refractivity (Wildman–Crippen MR) is 102 cm³/mol. The van der Waals surface area contributed by atoms with E-state index >= 15 is 0 Å². The van der Waals surface area contributed by atoms with Gasteiger partial charge in [0.2, 0.25) is 5.90 Å². The zero-order valence-corrected chi connectivity index (χ0v) is 15.6. The summed E-state index contributed by atoms with van der Waals surface area (Å²) in [5, 5.41) is 0. The van der Waals surface area contributed by atoms with E-state index < -0.39 is 12.6 Å². The van der Waals surface area contributed by atoms with E-state index in [1.807, 2.05) is 24.3 Å². The third kappa shape index (κ3) is 4.78. The largest absolute Gasteiger partial charge is 0.496 e. The van der Waals surface area contributed by atoms with Crippen LogP contribution in [0, 0.1) is 0 Å². The van der Waals surface area contributed by atoms with Crippen molar-refractivity contribution >= 4 is 17.9 Å². The van der Waals surface area contributed by atoms with Crippen molar-refractivity contribution in [3.63, 3.8) is 0 Å². The van der Waals surface area contributed by atoms with Crippen LogP contribution in [0.2, 0.25) is 0 Å². The number of allylic oxidation sites excluding steroid dienone is 2. The minimum Gasteiger partial charge on any atom is -0.496 e. The van der Waals surface area contributed by atoms with Gasteiger partial charge in [-0.3, -0.25) is 0 Å². The summed E-state index contributed by atoms with van der Waals surface area (Å²) in [5.74, 6) is 0.0330. The Bertz CT molecular complexity index is 998. The SMILES string of the molecule is COc1ccccc1/C=C/C=C1/N=C(c2ccc(OC(F)F)c(OC)c2)OC1=O. The number of esters is 1. The van der Waals surface area contributed by atoms with Crippen LogP contribution in [0.3, 0.4) is 0 Å². The number of benzene rings is 2. The molecule has 2 aromatic rings. The molecule has 1 aliphatic heterocycles. The molecule has 0 aliphatic carbocycles. The number of aliphatic imine (C=N–C) groups is 1. The summed E-state index contributed by atoms with van der Waals surface area (Å²) in [6.45, 7) is -2.99. The Morgan fingerprint density at radius 3 is 2.52 bits per heavy atom. The molecule has 0 spiro atoms. The fourth-order valence-corrected chi connectivity index (χ4v) is 2.59. The molecule has 0 fully saturated rings. The maximum absolute atomic E-state index is 12.4. The van der Waals surface area contributed by atoms with E-state index in [1.54, 1.807) is 19.3 Å². The van der Waals surface area contributed by atoms with Crippen LogP contribution in [0.1, 0.15) is 11.1 Å². The van der Waals surface area contributed by atoms with E-state index in [1.165, 1.54) is 31.4 Å². The number of carbonyl (C=O) groups is 1. The van der Waals surface area contributed by atoms with Crippen molar-refractivity contribution in [2.45, 2.75) is 6.61 Å². The second-order valence-corrected chi connectivity index (χ2v) is 5.70. The lowest BCUT2D eigenvalue weighted by molar-refractivity contribution is -0.130. The highest BCUT2D eigenvalue weighted by Gasteiger charge is 2.24. The number of alkyl halides is 2. The van der Waals surface area contributed by atoms with Gasteiger partial charge in [0.15, 0.2) is 17.2 Å². The van der Waals surface area contributed by atoms with Crippen molar-refractivity contribution in [2.24, 2.45) is 4.99 Å². The third-order valence-corrected chi connectivity index (χ3v) is 3.92. The number of halogens is 2. The first-order chi connectivity index (χ1) is 14.0. The highest BCUT2D eigenvalue weighted by Crippen LogP contribution is 2.31. The fourth-order valence-electron chi connectivity index (χ4n) is 2.59. The minimum absolute atomic E-state index is 0.0360. The van der Waals surface area contributed by atoms with Gasteiger partial charge in [-0.05, 0) is 30.3 Å². The molecule has 1 aliphatic rings. The van der Waals surface area contributed by atoms with E-state index in [-0.39, 0.29) is 23.1 Å². The summed E-state index contributed by atoms with van der Waals surface area (Å²) in [6.07, 6.45) is 4.93. The smallest absolute Gasteiger partial charge is 0.387 e. The molecule has 0 radical (unpaired) electrons. The predicted octanol–water partition coefficient (Wildman–Crippen LogP) is 4.21. The zero-order chi connectivity index (χ0) is 20.8. The first-order valence-electron chi connectivity index (χ1n) is 8.47. The van der Waals surface area contributed by atoms with Crippen molar-refractivity contribution in [2.75, 3.05) is 14.2 Å². The van der Waals surface area contributed by atoms with Gasteiger partial charge in [-0.15, -0.1) is 0 Å². The fraction of sp³-hybridized carbons (Fsp3) is 0.143. The van der Waals surface area contributed by atoms with E-state index in [4.69, 9.17) is 14.2 Å². The second-order valence-electron chi connectivity index (χ2n) is 5.70. The van der Waals surface area contributed by atoms with E-state index in [9.17, 15) is 13.6 Å². The summed E-state index contributed by atoms with van der Waals surface area (Å²) in [4.78, 5) is 16.2. The quantitative estimate of drug-likeness (QED) is 0.514. The number of para-hydroxylation sites is 1. The van der Waals surface area contributed by atoms with Crippen molar-refractivity contribution in [1.82, 2.24) is 0 Å². The topological polar surface area (TPSA) is 66.3 Å². The molecule has 3 rings (SSSR count). The Balaban J connectivity index is 1.82. The van der Waals surface area contributed by atoms with Crippen LogP contribution in [0.5, 0.6) is 17.2 Å². The first kappa shape index (κ1) is 20.1. The molecule has 8 heteroatoms. The van der Waals surface area contributed by atoms with Gasteiger partial charge in [0, 0.05) is 11.1 Å². The number of ether oxygens (including phenoxy) is 4. The Kier molecular flexibility index (Phi) is 6.23. The maximum atomic E-state index is 12.4. The minimum atomic E-state index is -2.99. The van der Waals surface area contributed by atoms with Gasteiger partial charge in [-0.1, -0.05) is 30.4 Å². The molecule has 0 atom stereocenters. The van der Waals surface area contributed by atoms with Crippen molar-refractivity contribution in [3.05, 3.63) is 71.4 Å². The van der Waals surface area contributed by atoms with Crippen LogP contribution >= 0.6 is 0 Å². The normalized spacial score (nSPS) is 15.0. The number of hydrogen-bond donors (Lipinski definition) is 0. The van der Waals surface area contributed by atoms with Gasteiger partial charge in [-0.25, -0.2) is 9.79 Å². The Morgan fingerprint density at radius 2 is 1.79 bits per heavy atom. The van der Waals surface area contributed by atoms with Gasteiger partial charge < -0.3 is 18.9 Å². The number of hydrogen-bond acceptors (Lipinski definition) is 6. The highest BCUT2D eigenvalue weighted by molar-refractivity contribution is 6.11. The van der Waals surface area contributed by atoms with Crippen LogP contribution < -0.4 is 14.2 Å². The molecule has 29 heavy (non-hydrogen) atoms. The molecule has 1 heterocycles. The van der Waals surface area contributed by atoms with Gasteiger partial charge in [-0.2, -0.15) is 8.78 Å². The molecule has 0 unspecified atom stereocenters. The lowest BCUT2D eigenvalue weighted by atomic mass is 10.2. The van der Waals surface area contributed by atoms with Crippen LogP contribution in [0.25, 0.3) is 6.08 Å². The molecule has 150 valence electrons. The molecule has 2 aromatic carbocycles. The van der Waals surface area contributed by atoms with E-state index in [0.29, 0.717) is 11.3 Å². The van der Waals surface area contributed by atoms with Gasteiger partial charge in [0.1, 0.15) is 5.75 Å². The van der Waals surface area contributed by atoms with Crippen molar-refractivity contribution in [3.8, 4) is 17.2 Å². The van der Waals surface area contributed by atoms with Gasteiger partial charge in [0.25, 0.3) is 0 Å². The Labute approximate surface area is 165 Å². The maximum Gasteiger partial charge on any atom is 0.387 e. The molecule has 0 saturated carbocycles. The monoisotopic (exact) mass is 401 g/mol. The van der Waals surface area contributed by atoms with Crippen molar-refractivity contribution in [1.29, 1.82) is 0 Å². The molecule has 0 amide bonds. The standard InChI is InChI=1S/C21H17F2NO5/c1-26-16-9-4-3-6-13(16)7-5-8-15-20(25)29-19(24-15)14-10-11-17(28-21(22)23)18(12-14)27-2/h3-12,21H,1-2H3/b7-5+,15-8+. The summed E-state index contributed by atoms with van der Waals surface area (Å²) >= 11 is 0. The molecular weight excluding hydrogens is 384 g/mol. The molecular formula is C21H17F2NO5. The molecule has 0 saturated heterocycles. The zero-order valence-electron chi connectivity index (χ0n) is 15.6. The van der Waals surface area contributed by atoms with Crippen LogP contribution in [-0.2, 0) is 9.53 Å². The van der Waals surface area contributed by atoms with Gasteiger partial charge in [0.05, 0.1) is 14.2 Å². The second kappa shape index (κ2) is 9.01. The number of rotatable bonds is 7. The molecule has 6 nitrogen and oxygen atoms in total. The Morgan fingerprint density at radius 1 is 1.03 bits per heavy atom. The lowest BCUT2D eigenvalue weighted by Crippen LogP contribution is -2.07. The average molecular weight is 401 g/mol. The molecule has 0 N–H and O–H groups in total. The van der Waals surface area contributed by atoms with E-state index in [2.05, 4.69) is 9.73 Å². The van der Waals surface area contributed by atoms with Crippen LogP contribution in [0.4, 0.5) is 8.78 Å². The first-order valence-corrected chi connectivity index (χ1v) is 8.47. The number of cyclic esters (lactones) is 1. The van der Waals surface area contributed by atoms with Crippen LogP contribution in [0.15, 0.2) is 65.3 Å².